The average molecular weight is 327 g/mol. The van der Waals surface area contributed by atoms with Crippen LogP contribution in [0, 0.1) is 18.3 Å². The Kier molecular flexibility index (Phi) is 3.40. The molecule has 2 heterocycles. The van der Waals surface area contributed by atoms with Gasteiger partial charge in [0, 0.05) is 17.0 Å². The summed E-state index contributed by atoms with van der Waals surface area (Å²) >= 11 is 0. The molecule has 4 aromatic rings. The van der Waals surface area contributed by atoms with Gasteiger partial charge >= 0.3 is 0 Å². The summed E-state index contributed by atoms with van der Waals surface area (Å²) in [6.07, 6.45) is 1.61. The maximum absolute atomic E-state index is 12.7. The number of H-pyrrole nitrogens is 1. The number of carbonyl (C=O) groups is 1. The topological polar surface area (TPSA) is 94.5 Å². The zero-order valence-electron chi connectivity index (χ0n) is 13.4. The number of aryl methyl sites for hydroxylation is 1. The van der Waals surface area contributed by atoms with Crippen molar-refractivity contribution in [2.75, 3.05) is 5.32 Å². The van der Waals surface area contributed by atoms with E-state index in [1.807, 2.05) is 43.3 Å². The van der Waals surface area contributed by atoms with Crippen molar-refractivity contribution < 1.29 is 4.79 Å². The summed E-state index contributed by atoms with van der Waals surface area (Å²) in [7, 11) is 0. The molecule has 0 aliphatic heterocycles. The number of rotatable bonds is 2. The van der Waals surface area contributed by atoms with E-state index in [1.54, 1.807) is 12.3 Å². The molecule has 1 amide bonds. The summed E-state index contributed by atoms with van der Waals surface area (Å²) < 4.78 is 0. The van der Waals surface area contributed by atoms with Gasteiger partial charge in [-0.2, -0.15) is 10.4 Å². The van der Waals surface area contributed by atoms with Gasteiger partial charge < -0.3 is 5.32 Å². The number of nitriles is 1. The Labute approximate surface area is 143 Å². The highest BCUT2D eigenvalue weighted by Crippen LogP contribution is 2.25. The Balaban J connectivity index is 1.75. The molecule has 120 valence electrons. The molecule has 0 fully saturated rings. The van der Waals surface area contributed by atoms with E-state index in [4.69, 9.17) is 5.26 Å². The maximum Gasteiger partial charge on any atom is 0.276 e. The first kappa shape index (κ1) is 14.8. The fourth-order valence-corrected chi connectivity index (χ4v) is 2.86. The van der Waals surface area contributed by atoms with Gasteiger partial charge in [0.05, 0.1) is 17.1 Å². The second-order valence-electron chi connectivity index (χ2n) is 5.73. The molecule has 0 bridgehead atoms. The molecule has 0 aliphatic rings. The molecule has 6 nitrogen and oxygen atoms in total. The molecule has 0 aliphatic carbocycles. The molecule has 0 saturated heterocycles. The van der Waals surface area contributed by atoms with E-state index in [0.717, 1.165) is 21.7 Å². The predicted octanol–water partition coefficient (Wildman–Crippen LogP) is 3.54. The van der Waals surface area contributed by atoms with Crippen molar-refractivity contribution in [3.8, 4) is 6.07 Å². The van der Waals surface area contributed by atoms with E-state index in [9.17, 15) is 4.79 Å². The van der Waals surface area contributed by atoms with Crippen molar-refractivity contribution in [3.63, 3.8) is 0 Å². The van der Waals surface area contributed by atoms with Gasteiger partial charge in [-0.15, -0.1) is 0 Å². The second kappa shape index (κ2) is 5.73. The van der Waals surface area contributed by atoms with Crippen LogP contribution in [-0.4, -0.2) is 21.1 Å². The van der Waals surface area contributed by atoms with E-state index >= 15 is 0 Å². The molecule has 2 N–H and O–H groups in total. The number of amides is 1. The number of nitrogens with one attached hydrogen (secondary N) is 2. The number of pyridine rings is 1. The van der Waals surface area contributed by atoms with Crippen molar-refractivity contribution >= 4 is 33.4 Å². The first-order valence-corrected chi connectivity index (χ1v) is 7.71. The molecule has 4 rings (SSSR count). The Morgan fingerprint density at radius 1 is 1.20 bits per heavy atom. The third kappa shape index (κ3) is 2.48. The van der Waals surface area contributed by atoms with E-state index < -0.39 is 0 Å². The third-order valence-electron chi connectivity index (χ3n) is 4.15. The summed E-state index contributed by atoms with van der Waals surface area (Å²) in [5.41, 5.74) is 2.45. The Hall–Kier alpha value is -3.72. The summed E-state index contributed by atoms with van der Waals surface area (Å²) in [5.74, 6) is 0.0922. The minimum atomic E-state index is -0.327. The van der Waals surface area contributed by atoms with Gasteiger partial charge in [0.15, 0.2) is 5.82 Å². The molecule has 6 heteroatoms. The Morgan fingerprint density at radius 3 is 2.88 bits per heavy atom. The molecule has 0 saturated carbocycles. The van der Waals surface area contributed by atoms with Crippen LogP contribution in [0.1, 0.15) is 21.6 Å². The fourth-order valence-electron chi connectivity index (χ4n) is 2.86. The molecule has 0 radical (unpaired) electrons. The fraction of sp³-hybridized carbons (Fsp3) is 0.0526. The number of aromatic amines is 1. The molecule has 25 heavy (non-hydrogen) atoms. The number of carbonyl (C=O) groups excluding carboxylic acids is 1. The first-order valence-electron chi connectivity index (χ1n) is 7.71. The van der Waals surface area contributed by atoms with E-state index in [2.05, 4.69) is 26.6 Å². The summed E-state index contributed by atoms with van der Waals surface area (Å²) in [6, 6.07) is 15.2. The third-order valence-corrected chi connectivity index (χ3v) is 4.15. The van der Waals surface area contributed by atoms with Crippen LogP contribution in [-0.2, 0) is 0 Å². The zero-order valence-corrected chi connectivity index (χ0v) is 13.4. The van der Waals surface area contributed by atoms with E-state index in [1.165, 1.54) is 0 Å². The molecule has 0 spiro atoms. The number of hydrogen-bond acceptors (Lipinski definition) is 4. The average Bonchev–Trinajstić information content (AvgIpc) is 3.02. The largest absolute Gasteiger partial charge is 0.303 e. The van der Waals surface area contributed by atoms with E-state index in [0.29, 0.717) is 22.6 Å². The van der Waals surface area contributed by atoms with Crippen LogP contribution in [0.4, 0.5) is 5.82 Å². The van der Waals surface area contributed by atoms with Gasteiger partial charge in [-0.25, -0.2) is 0 Å². The van der Waals surface area contributed by atoms with Gasteiger partial charge in [-0.3, -0.25) is 14.9 Å². The number of benzene rings is 2. The predicted molar refractivity (Wildman–Crippen MR) is 95.2 cm³/mol. The minimum absolute atomic E-state index is 0.327. The highest BCUT2D eigenvalue weighted by molar-refractivity contribution is 6.13. The van der Waals surface area contributed by atoms with Gasteiger partial charge in [-0.05, 0) is 36.1 Å². The van der Waals surface area contributed by atoms with Crippen molar-refractivity contribution in [3.05, 3.63) is 65.5 Å². The molecular weight excluding hydrogens is 314 g/mol. The summed E-state index contributed by atoms with van der Waals surface area (Å²) in [4.78, 5) is 16.9. The Bertz CT molecular complexity index is 1160. The van der Waals surface area contributed by atoms with Gasteiger partial charge in [0.25, 0.3) is 5.91 Å². The summed E-state index contributed by atoms with van der Waals surface area (Å²) in [6.45, 7) is 1.85. The molecule has 2 aromatic heterocycles. The lowest BCUT2D eigenvalue weighted by molar-refractivity contribution is 0.102. The first-order chi connectivity index (χ1) is 12.2. The molecule has 0 atom stereocenters. The quantitative estimate of drug-likeness (QED) is 0.588. The van der Waals surface area contributed by atoms with Crippen molar-refractivity contribution in [1.29, 1.82) is 5.26 Å². The van der Waals surface area contributed by atoms with Crippen molar-refractivity contribution in [2.45, 2.75) is 6.92 Å². The smallest absolute Gasteiger partial charge is 0.276 e. The number of hydrogen-bond donors (Lipinski definition) is 2. The Morgan fingerprint density at radius 2 is 2.04 bits per heavy atom. The van der Waals surface area contributed by atoms with Gasteiger partial charge in [0.2, 0.25) is 0 Å². The van der Waals surface area contributed by atoms with Crippen LogP contribution in [0.2, 0.25) is 0 Å². The van der Waals surface area contributed by atoms with Crippen molar-refractivity contribution in [1.82, 2.24) is 15.2 Å². The van der Waals surface area contributed by atoms with E-state index in [-0.39, 0.29) is 5.91 Å². The van der Waals surface area contributed by atoms with Crippen LogP contribution in [0.5, 0.6) is 0 Å². The zero-order chi connectivity index (χ0) is 17.4. The number of fused-ring (bicyclic) bond motifs is 2. The van der Waals surface area contributed by atoms with Crippen LogP contribution < -0.4 is 5.32 Å². The number of aromatic nitrogens is 3. The van der Waals surface area contributed by atoms with Gasteiger partial charge in [0.1, 0.15) is 5.69 Å². The number of anilines is 1. The molecular formula is C19H13N5O. The lowest BCUT2D eigenvalue weighted by Crippen LogP contribution is -2.14. The molecule has 0 unspecified atom stereocenters. The van der Waals surface area contributed by atoms with Crippen LogP contribution in [0.25, 0.3) is 21.7 Å². The second-order valence-corrected chi connectivity index (χ2v) is 5.73. The lowest BCUT2D eigenvalue weighted by Gasteiger charge is -2.06. The van der Waals surface area contributed by atoms with Gasteiger partial charge in [-0.1, -0.05) is 24.3 Å². The normalized spacial score (nSPS) is 10.7. The lowest BCUT2D eigenvalue weighted by atomic mass is 10.1. The summed E-state index contributed by atoms with van der Waals surface area (Å²) in [5, 5.41) is 21.4. The standard InChI is InChI=1S/C19H13N5O/c1-11-8-15-16(9-13(11)10-20)23-24-18(15)22-19(25)17-14-5-3-2-4-12(14)6-7-21-17/h2-9H,1H3,(H2,22,23,24,25). The molecule has 2 aromatic carbocycles. The highest BCUT2D eigenvalue weighted by atomic mass is 16.2. The van der Waals surface area contributed by atoms with Crippen LogP contribution >= 0.6 is 0 Å². The van der Waals surface area contributed by atoms with Crippen LogP contribution in [0.3, 0.4) is 0 Å². The van der Waals surface area contributed by atoms with Crippen LogP contribution in [0.15, 0.2) is 48.7 Å². The minimum Gasteiger partial charge on any atom is -0.303 e. The highest BCUT2D eigenvalue weighted by Gasteiger charge is 2.15. The monoisotopic (exact) mass is 327 g/mol. The SMILES string of the molecule is Cc1cc2c(NC(=O)c3nccc4ccccc34)n[nH]c2cc1C#N. The number of nitrogens with zero attached hydrogens (tertiary/aromatic N) is 3. The van der Waals surface area contributed by atoms with Crippen molar-refractivity contribution in [2.24, 2.45) is 0 Å². The maximum atomic E-state index is 12.7.